The van der Waals surface area contributed by atoms with Gasteiger partial charge in [-0.2, -0.15) is 0 Å². The zero-order valence-electron chi connectivity index (χ0n) is 11.7. The second kappa shape index (κ2) is 3.70. The molecule has 0 aromatic rings. The van der Waals surface area contributed by atoms with Crippen molar-refractivity contribution in [1.29, 1.82) is 0 Å². The maximum Gasteiger partial charge on any atom is 0.337 e. The van der Waals surface area contributed by atoms with E-state index in [0.717, 1.165) is 0 Å². The summed E-state index contributed by atoms with van der Waals surface area (Å²) in [6, 6.07) is 0. The molecule has 6 nitrogen and oxygen atoms in total. The molecule has 4 aliphatic heterocycles. The van der Waals surface area contributed by atoms with Crippen LogP contribution in [0.25, 0.3) is 0 Å². The second-order valence-electron chi connectivity index (χ2n) is 6.41. The topological polar surface area (TPSA) is 77.7 Å². The van der Waals surface area contributed by atoms with Crippen molar-refractivity contribution >= 4 is 11.9 Å². The highest BCUT2D eigenvalue weighted by Crippen LogP contribution is 2.55. The van der Waals surface area contributed by atoms with Crippen molar-refractivity contribution in [1.82, 2.24) is 0 Å². The Morgan fingerprint density at radius 2 is 2.09 bits per heavy atom. The van der Waals surface area contributed by atoms with Gasteiger partial charge in [0.2, 0.25) is 0 Å². The molecular weight excluding hydrogens is 288 g/mol. The Morgan fingerprint density at radius 1 is 1.27 bits per heavy atom. The Morgan fingerprint density at radius 3 is 2.86 bits per heavy atom. The Hall–Kier alpha value is -1.92. The Balaban J connectivity index is 1.60. The van der Waals surface area contributed by atoms with Crippen LogP contribution in [0.5, 0.6) is 0 Å². The van der Waals surface area contributed by atoms with Gasteiger partial charge in [-0.3, -0.25) is 0 Å². The van der Waals surface area contributed by atoms with Gasteiger partial charge in [-0.25, -0.2) is 9.59 Å². The quantitative estimate of drug-likeness (QED) is 0.302. The fourth-order valence-electron chi connectivity index (χ4n) is 3.96. The summed E-state index contributed by atoms with van der Waals surface area (Å²) in [5.74, 6) is -1.22. The first-order chi connectivity index (χ1) is 10.5. The Bertz CT molecular complexity index is 678. The molecule has 4 heterocycles. The summed E-state index contributed by atoms with van der Waals surface area (Å²) in [7, 11) is 0. The number of carbonyl (C=O) groups is 2. The molecule has 114 valence electrons. The van der Waals surface area contributed by atoms with E-state index in [4.69, 9.17) is 18.9 Å². The van der Waals surface area contributed by atoms with Gasteiger partial charge in [0.15, 0.2) is 0 Å². The normalized spacial score (nSPS) is 50.9. The highest BCUT2D eigenvalue weighted by molar-refractivity contribution is 5.94. The first-order valence-electron chi connectivity index (χ1n) is 7.33. The van der Waals surface area contributed by atoms with Gasteiger partial charge in [0.1, 0.15) is 36.1 Å². The minimum Gasteiger partial charge on any atom is -0.458 e. The lowest BCUT2D eigenvalue weighted by atomic mass is 9.83. The van der Waals surface area contributed by atoms with Crippen molar-refractivity contribution in [2.45, 2.75) is 42.5 Å². The molecule has 0 N–H and O–H groups in total. The Labute approximate surface area is 126 Å². The standard InChI is InChI=1S/C16H14O6/c1-3-16-5-9-10(6(2)14(17)20-9)8-4-7(15(18)19-8)11-12(21-11)13(16)22-16/h3-4,8-13H,1-2,5H2/t8-,9+,10?,11?,12-,13-,16?/m1/s1. The zero-order chi connectivity index (χ0) is 15.2. The predicted molar refractivity (Wildman–Crippen MR) is 71.6 cm³/mol. The van der Waals surface area contributed by atoms with Crippen LogP contribution >= 0.6 is 0 Å². The van der Waals surface area contributed by atoms with Gasteiger partial charge in [0.25, 0.3) is 0 Å². The second-order valence-corrected chi connectivity index (χ2v) is 6.41. The van der Waals surface area contributed by atoms with Crippen molar-refractivity contribution in [3.63, 3.8) is 0 Å². The summed E-state index contributed by atoms with van der Waals surface area (Å²) in [6.07, 6.45) is 2.39. The molecule has 0 saturated carbocycles. The average Bonchev–Trinajstić information content (AvgIpc) is 3.34. The summed E-state index contributed by atoms with van der Waals surface area (Å²) in [5.41, 5.74) is 0.287. The predicted octanol–water partition coefficient (Wildman–Crippen LogP) is 0.431. The fourth-order valence-corrected chi connectivity index (χ4v) is 3.96. The SMILES string of the molecule is C=CC12C[C@@H]3OC(=O)C(=C)C3[C@H]3C=C(C(=O)O3)C3O[C@H]3[C@H]1O2. The lowest BCUT2D eigenvalue weighted by molar-refractivity contribution is -0.143. The van der Waals surface area contributed by atoms with E-state index >= 15 is 0 Å². The molecule has 0 amide bonds. The van der Waals surface area contributed by atoms with Crippen LogP contribution in [0, 0.1) is 5.92 Å². The molecule has 5 aliphatic rings. The maximum atomic E-state index is 12.1. The number of hydrogen-bond donors (Lipinski definition) is 0. The van der Waals surface area contributed by atoms with Crippen molar-refractivity contribution in [2.75, 3.05) is 0 Å². The first-order valence-corrected chi connectivity index (χ1v) is 7.33. The maximum absolute atomic E-state index is 12.1. The van der Waals surface area contributed by atoms with Gasteiger partial charge in [0, 0.05) is 12.0 Å². The van der Waals surface area contributed by atoms with E-state index in [9.17, 15) is 9.59 Å². The van der Waals surface area contributed by atoms with Gasteiger partial charge < -0.3 is 18.9 Å². The van der Waals surface area contributed by atoms with Crippen LogP contribution in [-0.4, -0.2) is 48.1 Å². The van der Waals surface area contributed by atoms with Crippen molar-refractivity contribution in [2.24, 2.45) is 5.92 Å². The first kappa shape index (κ1) is 12.6. The minimum atomic E-state index is -0.562. The molecule has 0 spiro atoms. The Kier molecular flexibility index (Phi) is 2.12. The third-order valence-corrected chi connectivity index (χ3v) is 5.27. The molecule has 1 aliphatic carbocycles. The van der Waals surface area contributed by atoms with Crippen molar-refractivity contribution < 1.29 is 28.5 Å². The van der Waals surface area contributed by atoms with Crippen LogP contribution in [0.15, 0.2) is 36.5 Å². The number of fused-ring (bicyclic) bond motifs is 7. The summed E-state index contributed by atoms with van der Waals surface area (Å²) in [5, 5.41) is 0. The number of epoxide rings is 2. The third-order valence-electron chi connectivity index (χ3n) is 5.27. The van der Waals surface area contributed by atoms with E-state index in [-0.39, 0.29) is 24.2 Å². The van der Waals surface area contributed by atoms with Gasteiger partial charge in [-0.15, -0.1) is 6.58 Å². The molecule has 3 saturated heterocycles. The number of rotatable bonds is 1. The van der Waals surface area contributed by atoms with E-state index in [1.54, 1.807) is 12.2 Å². The summed E-state index contributed by atoms with van der Waals surface area (Å²) >= 11 is 0. The molecule has 0 aromatic carbocycles. The molecule has 0 radical (unpaired) electrons. The number of ether oxygens (including phenoxy) is 4. The molecule has 2 bridgehead atoms. The van der Waals surface area contributed by atoms with E-state index < -0.39 is 29.7 Å². The van der Waals surface area contributed by atoms with Crippen LogP contribution in [0.2, 0.25) is 0 Å². The van der Waals surface area contributed by atoms with Crippen LogP contribution in [-0.2, 0) is 28.5 Å². The van der Waals surface area contributed by atoms with Gasteiger partial charge in [-0.05, 0) is 6.08 Å². The minimum absolute atomic E-state index is 0.158. The van der Waals surface area contributed by atoms with Gasteiger partial charge in [-0.1, -0.05) is 12.7 Å². The molecule has 3 fully saturated rings. The molecule has 5 rings (SSSR count). The van der Waals surface area contributed by atoms with Crippen LogP contribution in [0.4, 0.5) is 0 Å². The molecular formula is C16H14O6. The summed E-state index contributed by atoms with van der Waals surface area (Å²) in [6.45, 7) is 7.65. The average molecular weight is 302 g/mol. The largest absolute Gasteiger partial charge is 0.458 e. The molecule has 6 heteroatoms. The molecule has 7 atom stereocenters. The smallest absolute Gasteiger partial charge is 0.337 e. The van der Waals surface area contributed by atoms with Crippen LogP contribution in [0.3, 0.4) is 0 Å². The van der Waals surface area contributed by atoms with E-state index in [1.807, 2.05) is 0 Å². The number of esters is 2. The number of hydrogen-bond acceptors (Lipinski definition) is 6. The summed E-state index contributed by atoms with van der Waals surface area (Å²) < 4.78 is 22.3. The summed E-state index contributed by atoms with van der Waals surface area (Å²) in [4.78, 5) is 24.0. The van der Waals surface area contributed by atoms with Crippen molar-refractivity contribution in [3.05, 3.63) is 36.5 Å². The van der Waals surface area contributed by atoms with Crippen LogP contribution in [0.1, 0.15) is 6.42 Å². The van der Waals surface area contributed by atoms with Crippen molar-refractivity contribution in [3.8, 4) is 0 Å². The molecule has 22 heavy (non-hydrogen) atoms. The molecule has 0 aromatic heterocycles. The lowest BCUT2D eigenvalue weighted by Crippen LogP contribution is -2.33. The number of carbonyl (C=O) groups excluding carboxylic acids is 2. The van der Waals surface area contributed by atoms with E-state index in [1.165, 1.54) is 0 Å². The van der Waals surface area contributed by atoms with Gasteiger partial charge >= 0.3 is 11.9 Å². The lowest BCUT2D eigenvalue weighted by Gasteiger charge is -2.23. The van der Waals surface area contributed by atoms with Gasteiger partial charge in [0.05, 0.1) is 11.5 Å². The zero-order valence-corrected chi connectivity index (χ0v) is 11.7. The van der Waals surface area contributed by atoms with E-state index in [0.29, 0.717) is 17.6 Å². The highest BCUT2D eigenvalue weighted by Gasteiger charge is 2.69. The molecule has 3 unspecified atom stereocenters. The third kappa shape index (κ3) is 1.41. The highest BCUT2D eigenvalue weighted by atomic mass is 16.7. The van der Waals surface area contributed by atoms with E-state index in [2.05, 4.69) is 13.2 Å². The van der Waals surface area contributed by atoms with Crippen LogP contribution < -0.4 is 0 Å². The fraction of sp³-hybridized carbons (Fsp3) is 0.500. The monoisotopic (exact) mass is 302 g/mol.